The highest BCUT2D eigenvalue weighted by atomic mass is 19.1. The minimum atomic E-state index is -0.546. The van der Waals surface area contributed by atoms with Gasteiger partial charge in [0, 0.05) is 29.8 Å². The Bertz CT molecular complexity index is 1320. The van der Waals surface area contributed by atoms with Gasteiger partial charge in [-0.3, -0.25) is 9.78 Å². The van der Waals surface area contributed by atoms with E-state index in [1.54, 1.807) is 12.3 Å². The van der Waals surface area contributed by atoms with Crippen molar-refractivity contribution in [2.24, 2.45) is 0 Å². The molecule has 0 saturated carbocycles. The fourth-order valence-corrected chi connectivity index (χ4v) is 3.27. The van der Waals surface area contributed by atoms with Crippen molar-refractivity contribution in [3.05, 3.63) is 72.2 Å². The molecule has 0 aliphatic heterocycles. The van der Waals surface area contributed by atoms with Gasteiger partial charge in [0.1, 0.15) is 29.3 Å². The molecule has 0 fully saturated rings. The van der Waals surface area contributed by atoms with Crippen LogP contribution in [0.15, 0.2) is 55.1 Å². The topological polar surface area (TPSA) is 128 Å². The van der Waals surface area contributed by atoms with Crippen molar-refractivity contribution in [3.8, 4) is 0 Å². The van der Waals surface area contributed by atoms with Gasteiger partial charge in [-0.25, -0.2) is 19.2 Å². The molecule has 0 unspecified atom stereocenters. The van der Waals surface area contributed by atoms with Gasteiger partial charge in [-0.2, -0.15) is 0 Å². The average molecular weight is 433 g/mol. The Labute approximate surface area is 182 Å². The summed E-state index contributed by atoms with van der Waals surface area (Å²) < 4.78 is 14.9. The van der Waals surface area contributed by atoms with Crippen LogP contribution in [-0.2, 0) is 0 Å². The lowest BCUT2D eigenvalue weighted by molar-refractivity contribution is 0.103. The highest BCUT2D eigenvalue weighted by molar-refractivity contribution is 6.17. The van der Waals surface area contributed by atoms with Crippen LogP contribution in [0.3, 0.4) is 0 Å². The average Bonchev–Trinajstić information content (AvgIpc) is 3.16. The number of nitrogens with two attached hydrogens (primary N) is 1. The molecule has 0 radical (unpaired) electrons. The highest BCUT2D eigenvalue weighted by Gasteiger charge is 2.22. The second-order valence-corrected chi connectivity index (χ2v) is 7.35. The number of pyridine rings is 1. The van der Waals surface area contributed by atoms with Gasteiger partial charge in [-0.05, 0) is 50.2 Å². The van der Waals surface area contributed by atoms with Gasteiger partial charge < -0.3 is 20.9 Å². The lowest BCUT2D eigenvalue weighted by Crippen LogP contribution is -2.19. The third-order valence-electron chi connectivity index (χ3n) is 4.79. The van der Waals surface area contributed by atoms with Crippen LogP contribution >= 0.6 is 0 Å². The van der Waals surface area contributed by atoms with Crippen LogP contribution < -0.4 is 16.4 Å². The number of anilines is 3. The number of carbonyl (C=O) groups excluding carboxylic acids is 2. The van der Waals surface area contributed by atoms with Gasteiger partial charge in [0.25, 0.3) is 0 Å². The molecule has 0 spiro atoms. The van der Waals surface area contributed by atoms with Crippen LogP contribution in [0.2, 0.25) is 0 Å². The third-order valence-corrected chi connectivity index (χ3v) is 4.79. The molecule has 3 aromatic heterocycles. The van der Waals surface area contributed by atoms with Gasteiger partial charge >= 0.3 is 6.03 Å². The summed E-state index contributed by atoms with van der Waals surface area (Å²) in [5, 5.41) is 5.68. The normalized spacial score (nSPS) is 11.0. The Hall–Kier alpha value is -4.34. The van der Waals surface area contributed by atoms with Crippen LogP contribution in [-0.4, -0.2) is 31.3 Å². The number of nitrogens with zero attached hydrogens (tertiary/aromatic N) is 4. The molecule has 162 valence electrons. The van der Waals surface area contributed by atoms with Crippen LogP contribution in [0.5, 0.6) is 0 Å². The molecule has 9 nitrogen and oxygen atoms in total. The monoisotopic (exact) mass is 433 g/mol. The standard InChI is InChI=1S/C22H20FN7O2/c1-12(2)30-10-16(18-20(24)26-11-27-21(18)30)19(31)17-9-15(7-8-25-17)29-22(32)28-14-5-3-13(23)4-6-14/h3-12H,1-2H3,(H2,24,26,27)(H2,25,28,29,32). The van der Waals surface area contributed by atoms with Crippen molar-refractivity contribution in [2.45, 2.75) is 19.9 Å². The van der Waals surface area contributed by atoms with Crippen LogP contribution in [0.25, 0.3) is 11.0 Å². The van der Waals surface area contributed by atoms with Gasteiger partial charge in [-0.1, -0.05) is 0 Å². The number of nitrogens with one attached hydrogen (secondary N) is 2. The molecule has 0 atom stereocenters. The van der Waals surface area contributed by atoms with Gasteiger partial charge in [-0.15, -0.1) is 0 Å². The molecule has 2 amide bonds. The number of ketones is 1. The predicted octanol–water partition coefficient (Wildman–Crippen LogP) is 4.00. The first kappa shape index (κ1) is 20.9. The minimum absolute atomic E-state index is 0.0458. The highest BCUT2D eigenvalue weighted by Crippen LogP contribution is 2.28. The zero-order chi connectivity index (χ0) is 22.8. The van der Waals surface area contributed by atoms with E-state index in [2.05, 4.69) is 25.6 Å². The summed E-state index contributed by atoms with van der Waals surface area (Å²) in [5.74, 6) is -0.581. The van der Waals surface area contributed by atoms with E-state index in [9.17, 15) is 14.0 Å². The quantitative estimate of drug-likeness (QED) is 0.408. The maximum atomic E-state index is 13.3. The van der Waals surface area contributed by atoms with Gasteiger partial charge in [0.05, 0.1) is 10.9 Å². The molecule has 4 N–H and O–H groups in total. The molecule has 4 aromatic rings. The molecule has 0 aliphatic carbocycles. The summed E-state index contributed by atoms with van der Waals surface area (Å²) in [6, 6.07) is 7.87. The lowest BCUT2D eigenvalue weighted by atomic mass is 10.1. The molecule has 32 heavy (non-hydrogen) atoms. The van der Waals surface area contributed by atoms with Crippen molar-refractivity contribution in [1.82, 2.24) is 19.5 Å². The van der Waals surface area contributed by atoms with E-state index < -0.39 is 11.8 Å². The summed E-state index contributed by atoms with van der Waals surface area (Å²) >= 11 is 0. The largest absolute Gasteiger partial charge is 0.383 e. The lowest BCUT2D eigenvalue weighted by Gasteiger charge is -2.08. The first-order chi connectivity index (χ1) is 15.3. The van der Waals surface area contributed by atoms with Crippen LogP contribution in [0, 0.1) is 5.82 Å². The van der Waals surface area contributed by atoms with Gasteiger partial charge in [0.2, 0.25) is 5.78 Å². The Kier molecular flexibility index (Phi) is 5.50. The molecule has 1 aromatic carbocycles. The van der Waals surface area contributed by atoms with Crippen LogP contribution in [0.1, 0.15) is 35.9 Å². The van der Waals surface area contributed by atoms with E-state index >= 15 is 0 Å². The SMILES string of the molecule is CC(C)n1cc(C(=O)c2cc(NC(=O)Nc3ccc(F)cc3)ccn2)c2c(N)ncnc21. The van der Waals surface area contributed by atoms with Crippen molar-refractivity contribution < 1.29 is 14.0 Å². The first-order valence-electron chi connectivity index (χ1n) is 9.79. The number of urea groups is 1. The number of carbonyl (C=O) groups is 2. The Morgan fingerprint density at radius 3 is 2.47 bits per heavy atom. The summed E-state index contributed by atoms with van der Waals surface area (Å²) in [4.78, 5) is 38.0. The van der Waals surface area contributed by atoms with Crippen molar-refractivity contribution >= 4 is 40.0 Å². The maximum absolute atomic E-state index is 13.3. The number of nitrogen functional groups attached to an aromatic ring is 1. The Balaban J connectivity index is 1.60. The number of halogens is 1. The molecule has 3 heterocycles. The second kappa shape index (κ2) is 8.42. The fraction of sp³-hybridized carbons (Fsp3) is 0.136. The van der Waals surface area contributed by atoms with E-state index in [4.69, 9.17) is 5.73 Å². The van der Waals surface area contributed by atoms with Crippen molar-refractivity contribution in [2.75, 3.05) is 16.4 Å². The zero-order valence-electron chi connectivity index (χ0n) is 17.3. The fourth-order valence-electron chi connectivity index (χ4n) is 3.27. The molecular formula is C22H20FN7O2. The molecule has 0 aliphatic rings. The summed E-state index contributed by atoms with van der Waals surface area (Å²) in [7, 11) is 0. The molecular weight excluding hydrogens is 413 g/mol. The number of rotatable bonds is 5. The molecule has 0 saturated heterocycles. The van der Waals surface area contributed by atoms with E-state index in [1.165, 1.54) is 42.9 Å². The number of hydrogen-bond donors (Lipinski definition) is 3. The van der Waals surface area contributed by atoms with Crippen molar-refractivity contribution in [3.63, 3.8) is 0 Å². The van der Waals surface area contributed by atoms with E-state index in [0.29, 0.717) is 28.0 Å². The maximum Gasteiger partial charge on any atom is 0.323 e. The van der Waals surface area contributed by atoms with Crippen molar-refractivity contribution in [1.29, 1.82) is 0 Å². The number of benzene rings is 1. The van der Waals surface area contributed by atoms with E-state index in [-0.39, 0.29) is 23.3 Å². The second-order valence-electron chi connectivity index (χ2n) is 7.35. The third kappa shape index (κ3) is 4.10. The Morgan fingerprint density at radius 1 is 1.03 bits per heavy atom. The Morgan fingerprint density at radius 2 is 1.75 bits per heavy atom. The number of hydrogen-bond acceptors (Lipinski definition) is 6. The summed E-state index contributed by atoms with van der Waals surface area (Å²) in [6.45, 7) is 3.93. The molecule has 4 rings (SSSR count). The first-order valence-corrected chi connectivity index (χ1v) is 9.79. The number of amides is 2. The van der Waals surface area contributed by atoms with Gasteiger partial charge in [0.15, 0.2) is 0 Å². The number of aromatic nitrogens is 4. The minimum Gasteiger partial charge on any atom is -0.383 e. The molecule has 10 heteroatoms. The predicted molar refractivity (Wildman–Crippen MR) is 119 cm³/mol. The zero-order valence-corrected chi connectivity index (χ0v) is 17.3. The van der Waals surface area contributed by atoms with E-state index in [1.807, 2.05) is 18.4 Å². The molecule has 0 bridgehead atoms. The summed E-state index contributed by atoms with van der Waals surface area (Å²) in [6.07, 6.45) is 4.46. The van der Waals surface area contributed by atoms with E-state index in [0.717, 1.165) is 0 Å². The number of fused-ring (bicyclic) bond motifs is 1. The smallest absolute Gasteiger partial charge is 0.323 e. The summed E-state index contributed by atoms with van der Waals surface area (Å²) in [5.41, 5.74) is 7.83. The van der Waals surface area contributed by atoms with Crippen LogP contribution in [0.4, 0.5) is 26.4 Å².